The molecule has 2 rings (SSSR count). The van der Waals surface area contributed by atoms with Gasteiger partial charge in [0, 0.05) is 10.7 Å². The summed E-state index contributed by atoms with van der Waals surface area (Å²) in [5, 5.41) is 1.16. The first kappa shape index (κ1) is 14.3. The summed E-state index contributed by atoms with van der Waals surface area (Å²) in [6.07, 6.45) is -3.53. The van der Waals surface area contributed by atoms with Crippen molar-refractivity contribution in [3.05, 3.63) is 46.2 Å². The summed E-state index contributed by atoms with van der Waals surface area (Å²) in [4.78, 5) is 8.08. The van der Waals surface area contributed by atoms with Crippen molar-refractivity contribution in [2.24, 2.45) is 0 Å². The molecule has 0 saturated carbocycles. The largest absolute Gasteiger partial charge is 0.417 e. The van der Waals surface area contributed by atoms with Crippen molar-refractivity contribution in [2.75, 3.05) is 0 Å². The standard InChI is InChI=1S/C12H8BrF3N2S/c1-7-9(13)3-5-11(18-7)19-10-4-2-8(6-17-10)12(14,15)16/h2-6H,1H3. The number of pyridine rings is 2. The maximum atomic E-state index is 12.4. The Hall–Kier alpha value is -1.08. The van der Waals surface area contributed by atoms with Crippen LogP contribution in [0.25, 0.3) is 0 Å². The molecule has 0 amide bonds. The fourth-order valence-corrected chi connectivity index (χ4v) is 2.29. The van der Waals surface area contributed by atoms with E-state index in [2.05, 4.69) is 25.9 Å². The highest BCUT2D eigenvalue weighted by Gasteiger charge is 2.30. The fourth-order valence-electron chi connectivity index (χ4n) is 1.29. The Morgan fingerprint density at radius 3 is 2.32 bits per heavy atom. The number of alkyl halides is 3. The maximum Gasteiger partial charge on any atom is 0.417 e. The Labute approximate surface area is 120 Å². The van der Waals surface area contributed by atoms with Crippen LogP contribution in [0.2, 0.25) is 0 Å². The second kappa shape index (κ2) is 5.50. The molecule has 2 nitrogen and oxygen atoms in total. The summed E-state index contributed by atoms with van der Waals surface area (Å²) in [6, 6.07) is 5.98. The molecule has 0 aliphatic heterocycles. The van der Waals surface area contributed by atoms with Crippen LogP contribution in [0, 0.1) is 6.92 Å². The van der Waals surface area contributed by atoms with Crippen LogP contribution in [-0.2, 0) is 6.18 Å². The highest BCUT2D eigenvalue weighted by molar-refractivity contribution is 9.10. The average molecular weight is 349 g/mol. The molecule has 2 aromatic heterocycles. The van der Waals surface area contributed by atoms with Crippen LogP contribution < -0.4 is 0 Å². The predicted molar refractivity (Wildman–Crippen MR) is 70.0 cm³/mol. The Morgan fingerprint density at radius 2 is 1.79 bits per heavy atom. The lowest BCUT2D eigenvalue weighted by Crippen LogP contribution is -2.05. The van der Waals surface area contributed by atoms with Crippen molar-refractivity contribution < 1.29 is 13.2 Å². The lowest BCUT2D eigenvalue weighted by Gasteiger charge is -2.07. The number of halogens is 4. The fraction of sp³-hybridized carbons (Fsp3) is 0.167. The van der Waals surface area contributed by atoms with Crippen LogP contribution in [0.1, 0.15) is 11.3 Å². The van der Waals surface area contributed by atoms with Crippen molar-refractivity contribution in [3.63, 3.8) is 0 Å². The molecule has 2 aromatic rings. The summed E-state index contributed by atoms with van der Waals surface area (Å²) < 4.78 is 38.0. The second-order valence-corrected chi connectivity index (χ2v) is 5.60. The Balaban J connectivity index is 2.17. The molecule has 0 N–H and O–H groups in total. The predicted octanol–water partition coefficient (Wildman–Crippen LogP) is 4.72. The zero-order chi connectivity index (χ0) is 14.0. The van der Waals surface area contributed by atoms with E-state index in [1.54, 1.807) is 6.07 Å². The molecule has 0 spiro atoms. The lowest BCUT2D eigenvalue weighted by atomic mass is 10.3. The zero-order valence-corrected chi connectivity index (χ0v) is 12.1. The minimum Gasteiger partial charge on any atom is -0.249 e. The van der Waals surface area contributed by atoms with Gasteiger partial charge in [-0.05, 0) is 47.1 Å². The van der Waals surface area contributed by atoms with Gasteiger partial charge in [-0.3, -0.25) is 0 Å². The first-order valence-corrected chi connectivity index (χ1v) is 6.81. The first-order chi connectivity index (χ1) is 8.86. The molecule has 0 fully saturated rings. The van der Waals surface area contributed by atoms with Crippen molar-refractivity contribution in [2.45, 2.75) is 23.2 Å². The zero-order valence-electron chi connectivity index (χ0n) is 9.70. The summed E-state index contributed by atoms with van der Waals surface area (Å²) in [5.41, 5.74) is 0.0636. The molecule has 0 unspecified atom stereocenters. The molecular formula is C12H8BrF3N2S. The normalized spacial score (nSPS) is 11.6. The highest BCUT2D eigenvalue weighted by atomic mass is 79.9. The van der Waals surface area contributed by atoms with E-state index in [9.17, 15) is 13.2 Å². The molecule has 0 saturated heterocycles. The Bertz CT molecular complexity index is 585. The molecule has 19 heavy (non-hydrogen) atoms. The number of aryl methyl sites for hydroxylation is 1. The third-order valence-corrected chi connectivity index (χ3v) is 3.99. The van der Waals surface area contributed by atoms with Gasteiger partial charge in [0.25, 0.3) is 0 Å². The van der Waals surface area contributed by atoms with Gasteiger partial charge in [0.2, 0.25) is 0 Å². The van der Waals surface area contributed by atoms with Gasteiger partial charge in [0.15, 0.2) is 0 Å². The summed E-state index contributed by atoms with van der Waals surface area (Å²) >= 11 is 4.55. The Morgan fingerprint density at radius 1 is 1.11 bits per heavy atom. The van der Waals surface area contributed by atoms with Crippen LogP contribution >= 0.6 is 27.7 Å². The number of hydrogen-bond acceptors (Lipinski definition) is 3. The van der Waals surface area contributed by atoms with Crippen molar-refractivity contribution in [1.82, 2.24) is 9.97 Å². The molecule has 0 aliphatic carbocycles. The van der Waals surface area contributed by atoms with Crippen molar-refractivity contribution >= 4 is 27.7 Å². The molecule has 7 heteroatoms. The highest BCUT2D eigenvalue weighted by Crippen LogP contribution is 2.31. The van der Waals surface area contributed by atoms with Crippen molar-refractivity contribution in [1.29, 1.82) is 0 Å². The lowest BCUT2D eigenvalue weighted by molar-refractivity contribution is -0.137. The number of hydrogen-bond donors (Lipinski definition) is 0. The number of rotatable bonds is 2. The third kappa shape index (κ3) is 3.70. The van der Waals surface area contributed by atoms with Gasteiger partial charge in [-0.2, -0.15) is 13.2 Å². The average Bonchev–Trinajstić information content (AvgIpc) is 2.33. The van der Waals surface area contributed by atoms with Crippen LogP contribution in [-0.4, -0.2) is 9.97 Å². The molecule has 0 aliphatic rings. The van der Waals surface area contributed by atoms with E-state index in [1.165, 1.54) is 17.8 Å². The van der Waals surface area contributed by atoms with Gasteiger partial charge in [-0.1, -0.05) is 11.8 Å². The van der Waals surface area contributed by atoms with Crippen LogP contribution in [0.3, 0.4) is 0 Å². The van der Waals surface area contributed by atoms with Gasteiger partial charge in [0.05, 0.1) is 11.3 Å². The monoisotopic (exact) mass is 348 g/mol. The topological polar surface area (TPSA) is 25.8 Å². The first-order valence-electron chi connectivity index (χ1n) is 5.20. The third-order valence-electron chi connectivity index (χ3n) is 2.27. The van der Waals surface area contributed by atoms with Gasteiger partial charge >= 0.3 is 6.18 Å². The van der Waals surface area contributed by atoms with Gasteiger partial charge in [0.1, 0.15) is 10.1 Å². The van der Waals surface area contributed by atoms with E-state index in [4.69, 9.17) is 0 Å². The summed E-state index contributed by atoms with van der Waals surface area (Å²) in [7, 11) is 0. The molecule has 0 bridgehead atoms. The summed E-state index contributed by atoms with van der Waals surface area (Å²) in [6.45, 7) is 1.84. The van der Waals surface area contributed by atoms with Gasteiger partial charge in [-0.25, -0.2) is 9.97 Å². The minimum absolute atomic E-state index is 0.474. The Kier molecular flexibility index (Phi) is 4.15. The number of nitrogens with zero attached hydrogens (tertiary/aromatic N) is 2. The summed E-state index contributed by atoms with van der Waals surface area (Å²) in [5.74, 6) is 0. The minimum atomic E-state index is -4.36. The molecule has 0 atom stereocenters. The van der Waals surface area contributed by atoms with E-state index in [-0.39, 0.29) is 0 Å². The van der Waals surface area contributed by atoms with Crippen LogP contribution in [0.5, 0.6) is 0 Å². The van der Waals surface area contributed by atoms with Gasteiger partial charge < -0.3 is 0 Å². The van der Waals surface area contributed by atoms with Crippen LogP contribution in [0.4, 0.5) is 13.2 Å². The van der Waals surface area contributed by atoms with E-state index in [0.717, 1.165) is 22.4 Å². The molecule has 100 valence electrons. The molecule has 0 aromatic carbocycles. The van der Waals surface area contributed by atoms with E-state index in [1.807, 2.05) is 13.0 Å². The molecular weight excluding hydrogens is 341 g/mol. The van der Waals surface area contributed by atoms with E-state index < -0.39 is 11.7 Å². The maximum absolute atomic E-state index is 12.4. The van der Waals surface area contributed by atoms with Crippen LogP contribution in [0.15, 0.2) is 45.0 Å². The quantitative estimate of drug-likeness (QED) is 0.785. The van der Waals surface area contributed by atoms with E-state index >= 15 is 0 Å². The smallest absolute Gasteiger partial charge is 0.249 e. The number of aromatic nitrogens is 2. The molecule has 2 heterocycles. The second-order valence-electron chi connectivity index (χ2n) is 3.70. The molecule has 0 radical (unpaired) electrons. The SMILES string of the molecule is Cc1nc(Sc2ccc(C(F)(F)F)cn2)ccc1Br. The van der Waals surface area contributed by atoms with Crippen molar-refractivity contribution in [3.8, 4) is 0 Å². The van der Waals surface area contributed by atoms with E-state index in [0.29, 0.717) is 10.1 Å². The van der Waals surface area contributed by atoms with Gasteiger partial charge in [-0.15, -0.1) is 0 Å².